The van der Waals surface area contributed by atoms with Gasteiger partial charge in [0.15, 0.2) is 0 Å². The Labute approximate surface area is 98.4 Å². The van der Waals surface area contributed by atoms with E-state index in [0.29, 0.717) is 11.9 Å². The van der Waals surface area contributed by atoms with Crippen molar-refractivity contribution in [2.24, 2.45) is 5.73 Å². The molecule has 0 aliphatic rings. The summed E-state index contributed by atoms with van der Waals surface area (Å²) in [5, 5.41) is 14.6. The molecule has 0 bridgehead atoms. The lowest BCUT2D eigenvalue weighted by Crippen LogP contribution is -2.08. The molecule has 0 aliphatic carbocycles. The summed E-state index contributed by atoms with van der Waals surface area (Å²) >= 11 is 0. The number of hydrogen-bond donors (Lipinski definition) is 2. The molecule has 0 spiro atoms. The minimum atomic E-state index is -0.0210. The number of rotatable bonds is 4. The van der Waals surface area contributed by atoms with E-state index >= 15 is 0 Å². The third-order valence-electron chi connectivity index (χ3n) is 2.50. The summed E-state index contributed by atoms with van der Waals surface area (Å²) in [6.45, 7) is 5.96. The van der Waals surface area contributed by atoms with Gasteiger partial charge in [0.1, 0.15) is 5.76 Å². The van der Waals surface area contributed by atoms with E-state index in [-0.39, 0.29) is 12.6 Å². The van der Waals surface area contributed by atoms with Crippen LogP contribution in [0.25, 0.3) is 0 Å². The molecule has 0 radical (unpaired) electrons. The van der Waals surface area contributed by atoms with Gasteiger partial charge in [-0.1, -0.05) is 10.3 Å². The highest BCUT2D eigenvalue weighted by molar-refractivity contribution is 5.32. The predicted octanol–water partition coefficient (Wildman–Crippen LogP) is 1.31. The number of anilines is 1. The van der Waals surface area contributed by atoms with Gasteiger partial charge in [0.2, 0.25) is 5.89 Å². The van der Waals surface area contributed by atoms with E-state index in [1.165, 1.54) is 0 Å². The zero-order valence-electron chi connectivity index (χ0n) is 10.0. The summed E-state index contributed by atoms with van der Waals surface area (Å²) < 4.78 is 10.4. The molecule has 17 heavy (non-hydrogen) atoms. The maximum Gasteiger partial charge on any atom is 0.315 e. The van der Waals surface area contributed by atoms with Crippen LogP contribution >= 0.6 is 0 Å². The molecule has 0 saturated heterocycles. The number of nitrogens with one attached hydrogen (secondary N) is 1. The zero-order valence-corrected chi connectivity index (χ0v) is 10.0. The molecule has 3 N–H and O–H groups in total. The molecule has 2 aromatic heterocycles. The van der Waals surface area contributed by atoms with Gasteiger partial charge in [0, 0.05) is 5.56 Å². The molecule has 2 rings (SSSR count). The Bertz CT molecular complexity index is 485. The van der Waals surface area contributed by atoms with E-state index in [0.717, 1.165) is 17.0 Å². The Balaban J connectivity index is 2.14. The number of aromatic nitrogens is 3. The van der Waals surface area contributed by atoms with Crippen LogP contribution in [0.2, 0.25) is 0 Å². The lowest BCUT2D eigenvalue weighted by atomic mass is 10.1. The van der Waals surface area contributed by atoms with Crippen molar-refractivity contribution >= 4 is 6.01 Å². The Hall–Kier alpha value is -1.89. The molecule has 0 saturated carbocycles. The average molecular weight is 237 g/mol. The summed E-state index contributed by atoms with van der Waals surface area (Å²) in [4.78, 5) is 0. The van der Waals surface area contributed by atoms with Crippen molar-refractivity contribution in [3.63, 3.8) is 0 Å². The van der Waals surface area contributed by atoms with E-state index in [9.17, 15) is 0 Å². The first kappa shape index (κ1) is 11.6. The first-order chi connectivity index (χ1) is 8.11. The molecule has 7 heteroatoms. The van der Waals surface area contributed by atoms with Gasteiger partial charge in [0.25, 0.3) is 0 Å². The summed E-state index contributed by atoms with van der Waals surface area (Å²) in [7, 11) is 0. The summed E-state index contributed by atoms with van der Waals surface area (Å²) in [5.74, 6) is 1.18. The Kier molecular flexibility index (Phi) is 3.10. The van der Waals surface area contributed by atoms with Gasteiger partial charge in [-0.25, -0.2) is 0 Å². The molecule has 0 amide bonds. The van der Waals surface area contributed by atoms with Crippen molar-refractivity contribution in [2.75, 3.05) is 5.32 Å². The molecule has 92 valence electrons. The Morgan fingerprint density at radius 1 is 1.35 bits per heavy atom. The lowest BCUT2D eigenvalue weighted by Gasteiger charge is -2.10. The van der Waals surface area contributed by atoms with Crippen LogP contribution in [-0.4, -0.2) is 15.4 Å². The molecule has 2 aromatic rings. The van der Waals surface area contributed by atoms with Crippen LogP contribution in [0.4, 0.5) is 6.01 Å². The minimum absolute atomic E-state index is 0.0210. The number of nitrogens with zero attached hydrogens (tertiary/aromatic N) is 3. The predicted molar refractivity (Wildman–Crippen MR) is 60.2 cm³/mol. The molecule has 2 heterocycles. The van der Waals surface area contributed by atoms with Crippen LogP contribution in [0.5, 0.6) is 0 Å². The van der Waals surface area contributed by atoms with Crippen LogP contribution in [0, 0.1) is 13.8 Å². The van der Waals surface area contributed by atoms with E-state index in [2.05, 4.69) is 20.7 Å². The molecule has 0 aromatic carbocycles. The molecular formula is C10H15N5O2. The quantitative estimate of drug-likeness (QED) is 0.826. The second kappa shape index (κ2) is 4.54. The largest absolute Gasteiger partial charge is 0.407 e. The fourth-order valence-corrected chi connectivity index (χ4v) is 1.76. The molecule has 1 atom stereocenters. The number of hydrogen-bond acceptors (Lipinski definition) is 7. The maximum atomic E-state index is 5.39. The summed E-state index contributed by atoms with van der Waals surface area (Å²) in [6, 6.07) is 0.324. The van der Waals surface area contributed by atoms with Gasteiger partial charge < -0.3 is 20.0 Å². The van der Waals surface area contributed by atoms with E-state index in [1.54, 1.807) is 0 Å². The first-order valence-electron chi connectivity index (χ1n) is 5.33. The third-order valence-corrected chi connectivity index (χ3v) is 2.50. The van der Waals surface area contributed by atoms with Crippen molar-refractivity contribution in [1.82, 2.24) is 15.4 Å². The molecular weight excluding hydrogens is 222 g/mol. The van der Waals surface area contributed by atoms with Crippen LogP contribution < -0.4 is 11.1 Å². The molecule has 1 unspecified atom stereocenters. The summed E-state index contributed by atoms with van der Waals surface area (Å²) in [5.41, 5.74) is 7.23. The van der Waals surface area contributed by atoms with Gasteiger partial charge in [-0.05, 0) is 20.8 Å². The van der Waals surface area contributed by atoms with Crippen molar-refractivity contribution in [3.05, 3.63) is 22.9 Å². The average Bonchev–Trinajstić information content (AvgIpc) is 2.86. The van der Waals surface area contributed by atoms with Crippen molar-refractivity contribution in [2.45, 2.75) is 33.4 Å². The summed E-state index contributed by atoms with van der Waals surface area (Å²) in [6.07, 6.45) is 0. The Morgan fingerprint density at radius 2 is 2.12 bits per heavy atom. The van der Waals surface area contributed by atoms with Crippen LogP contribution in [0.15, 0.2) is 8.94 Å². The second-order valence-corrected chi connectivity index (χ2v) is 3.81. The highest BCUT2D eigenvalue weighted by Gasteiger charge is 2.18. The van der Waals surface area contributed by atoms with Gasteiger partial charge in [-0.2, -0.15) is 0 Å². The van der Waals surface area contributed by atoms with Crippen LogP contribution in [-0.2, 0) is 6.54 Å². The van der Waals surface area contributed by atoms with E-state index in [1.807, 2.05) is 20.8 Å². The highest BCUT2D eigenvalue weighted by atomic mass is 16.5. The SMILES string of the molecule is Cc1noc(C)c1C(C)Nc1nnc(CN)o1. The van der Waals surface area contributed by atoms with Crippen LogP contribution in [0.3, 0.4) is 0 Å². The van der Waals surface area contributed by atoms with Gasteiger partial charge in [-0.15, -0.1) is 5.10 Å². The van der Waals surface area contributed by atoms with Crippen LogP contribution in [0.1, 0.15) is 35.9 Å². The number of nitrogens with two attached hydrogens (primary N) is 1. The monoisotopic (exact) mass is 237 g/mol. The van der Waals surface area contributed by atoms with Gasteiger partial charge in [-0.3, -0.25) is 0 Å². The smallest absolute Gasteiger partial charge is 0.315 e. The topological polar surface area (TPSA) is 103 Å². The number of aryl methyl sites for hydroxylation is 2. The maximum absolute atomic E-state index is 5.39. The normalized spacial score (nSPS) is 12.7. The van der Waals surface area contributed by atoms with E-state index < -0.39 is 0 Å². The highest BCUT2D eigenvalue weighted by Crippen LogP contribution is 2.24. The fourth-order valence-electron chi connectivity index (χ4n) is 1.76. The third kappa shape index (κ3) is 2.28. The van der Waals surface area contributed by atoms with Gasteiger partial charge >= 0.3 is 6.01 Å². The Morgan fingerprint density at radius 3 is 2.65 bits per heavy atom. The first-order valence-corrected chi connectivity index (χ1v) is 5.33. The standard InChI is InChI=1S/C10H15N5O2/c1-5(9-6(2)15-17-7(9)3)12-10-14-13-8(4-11)16-10/h5H,4,11H2,1-3H3,(H,12,14). The minimum Gasteiger partial charge on any atom is -0.407 e. The molecule has 0 fully saturated rings. The zero-order chi connectivity index (χ0) is 12.4. The fraction of sp³-hybridized carbons (Fsp3) is 0.500. The van der Waals surface area contributed by atoms with Crippen molar-refractivity contribution in [1.29, 1.82) is 0 Å². The van der Waals surface area contributed by atoms with Crippen molar-refractivity contribution in [3.8, 4) is 0 Å². The van der Waals surface area contributed by atoms with E-state index in [4.69, 9.17) is 14.7 Å². The molecule has 0 aliphatic heterocycles. The second-order valence-electron chi connectivity index (χ2n) is 3.81. The molecule has 7 nitrogen and oxygen atoms in total. The lowest BCUT2D eigenvalue weighted by molar-refractivity contribution is 0.391. The van der Waals surface area contributed by atoms with Crippen molar-refractivity contribution < 1.29 is 8.94 Å². The van der Waals surface area contributed by atoms with Gasteiger partial charge in [0.05, 0.1) is 18.3 Å².